The van der Waals surface area contributed by atoms with Crippen molar-refractivity contribution in [2.24, 2.45) is 5.14 Å². The van der Waals surface area contributed by atoms with Gasteiger partial charge in [-0.1, -0.05) is 0 Å². The first-order valence-electron chi connectivity index (χ1n) is 8.38. The van der Waals surface area contributed by atoms with E-state index in [2.05, 4.69) is 15.5 Å². The molecule has 2 heterocycles. The molecule has 0 unspecified atom stereocenters. The number of nitrogens with zero attached hydrogens (tertiary/aromatic N) is 1. The molecule has 0 aliphatic carbocycles. The Labute approximate surface area is 152 Å². The van der Waals surface area contributed by atoms with Gasteiger partial charge in [0.25, 0.3) is 0 Å². The molecule has 0 bridgehead atoms. The predicted octanol–water partition coefficient (Wildman–Crippen LogP) is 1.89. The molecule has 9 heteroatoms. The van der Waals surface area contributed by atoms with Crippen LogP contribution >= 0.6 is 0 Å². The Morgan fingerprint density at radius 1 is 1.19 bits per heavy atom. The number of rotatable bonds is 6. The third kappa shape index (κ3) is 4.63. The van der Waals surface area contributed by atoms with Crippen molar-refractivity contribution in [2.45, 2.75) is 23.8 Å². The van der Waals surface area contributed by atoms with E-state index in [0.717, 1.165) is 31.7 Å². The van der Waals surface area contributed by atoms with Crippen LogP contribution in [0.15, 0.2) is 52.0 Å². The van der Waals surface area contributed by atoms with Crippen molar-refractivity contribution in [3.05, 3.63) is 48.4 Å². The number of carbonyl (C=O) groups excluding carboxylic acids is 1. The summed E-state index contributed by atoms with van der Waals surface area (Å²) >= 11 is 0. The molecule has 3 rings (SSSR count). The number of likely N-dealkylation sites (tertiary alicyclic amines) is 1. The highest BCUT2D eigenvalue weighted by molar-refractivity contribution is 7.89. The van der Waals surface area contributed by atoms with Crippen molar-refractivity contribution in [1.29, 1.82) is 0 Å². The van der Waals surface area contributed by atoms with Crippen LogP contribution in [0, 0.1) is 0 Å². The van der Waals surface area contributed by atoms with E-state index in [0.29, 0.717) is 12.2 Å². The van der Waals surface area contributed by atoms with E-state index >= 15 is 0 Å². The molecule has 4 N–H and O–H groups in total. The smallest absolute Gasteiger partial charge is 0.319 e. The van der Waals surface area contributed by atoms with Crippen molar-refractivity contribution in [1.82, 2.24) is 10.2 Å². The number of benzene rings is 1. The SMILES string of the molecule is NS(=O)(=O)c1ccc(NC(=O)NC[C@@H](c2ccco2)N2CCCC2)cc1. The second kappa shape index (κ2) is 7.90. The third-order valence-corrected chi connectivity index (χ3v) is 5.28. The highest BCUT2D eigenvalue weighted by Crippen LogP contribution is 2.24. The number of furan rings is 1. The predicted molar refractivity (Wildman–Crippen MR) is 97.1 cm³/mol. The monoisotopic (exact) mass is 378 g/mol. The van der Waals surface area contributed by atoms with Crippen molar-refractivity contribution in [3.8, 4) is 0 Å². The zero-order valence-corrected chi connectivity index (χ0v) is 15.0. The van der Waals surface area contributed by atoms with Crippen LogP contribution in [-0.2, 0) is 10.0 Å². The van der Waals surface area contributed by atoms with Gasteiger partial charge in [-0.05, 0) is 62.3 Å². The molecule has 1 aliphatic heterocycles. The summed E-state index contributed by atoms with van der Waals surface area (Å²) in [5, 5.41) is 10.6. The van der Waals surface area contributed by atoms with Gasteiger partial charge in [-0.2, -0.15) is 0 Å². The second-order valence-electron chi connectivity index (χ2n) is 6.18. The molecule has 1 aromatic heterocycles. The van der Waals surface area contributed by atoms with Gasteiger partial charge in [-0.15, -0.1) is 0 Å². The number of sulfonamides is 1. The molecule has 1 saturated heterocycles. The molecule has 1 aliphatic rings. The lowest BCUT2D eigenvalue weighted by molar-refractivity contribution is 0.207. The van der Waals surface area contributed by atoms with Gasteiger partial charge in [0, 0.05) is 12.2 Å². The standard InChI is InChI=1S/C17H22N4O4S/c18-26(23,24)14-7-5-13(6-8-14)20-17(22)19-12-15(16-4-3-11-25-16)21-9-1-2-10-21/h3-8,11,15H,1-2,9-10,12H2,(H2,18,23,24)(H2,19,20,22)/t15-/m0/s1. The summed E-state index contributed by atoms with van der Waals surface area (Å²) in [6.45, 7) is 2.36. The Bertz CT molecular complexity index is 828. The lowest BCUT2D eigenvalue weighted by Gasteiger charge is -2.26. The van der Waals surface area contributed by atoms with Gasteiger partial charge in [0.2, 0.25) is 10.0 Å². The Morgan fingerprint density at radius 3 is 2.46 bits per heavy atom. The average Bonchev–Trinajstić information content (AvgIpc) is 3.29. The lowest BCUT2D eigenvalue weighted by Crippen LogP contribution is -2.38. The number of hydrogen-bond donors (Lipinski definition) is 3. The molecule has 0 radical (unpaired) electrons. The highest BCUT2D eigenvalue weighted by atomic mass is 32.2. The van der Waals surface area contributed by atoms with Crippen LogP contribution in [0.2, 0.25) is 0 Å². The average molecular weight is 378 g/mol. The fraction of sp³-hybridized carbons (Fsp3) is 0.353. The summed E-state index contributed by atoms with van der Waals surface area (Å²) in [5.41, 5.74) is 0.477. The van der Waals surface area contributed by atoms with E-state index in [4.69, 9.17) is 9.56 Å². The first-order chi connectivity index (χ1) is 12.4. The fourth-order valence-corrected chi connectivity index (χ4v) is 3.55. The van der Waals surface area contributed by atoms with Crippen LogP contribution in [0.4, 0.5) is 10.5 Å². The van der Waals surface area contributed by atoms with Crippen molar-refractivity contribution >= 4 is 21.7 Å². The molecule has 1 aromatic carbocycles. The van der Waals surface area contributed by atoms with Crippen LogP contribution < -0.4 is 15.8 Å². The molecular formula is C17H22N4O4S. The summed E-state index contributed by atoms with van der Waals surface area (Å²) < 4.78 is 28.0. The van der Waals surface area contributed by atoms with Gasteiger partial charge < -0.3 is 15.1 Å². The minimum Gasteiger partial charge on any atom is -0.468 e. The van der Waals surface area contributed by atoms with Crippen molar-refractivity contribution in [2.75, 3.05) is 25.0 Å². The van der Waals surface area contributed by atoms with Gasteiger partial charge in [0.1, 0.15) is 5.76 Å². The normalized spacial score (nSPS) is 16.3. The Kier molecular flexibility index (Phi) is 5.60. The van der Waals surface area contributed by atoms with Gasteiger partial charge in [0.05, 0.1) is 17.2 Å². The number of amides is 2. The van der Waals surface area contributed by atoms with E-state index in [1.165, 1.54) is 24.3 Å². The largest absolute Gasteiger partial charge is 0.468 e. The summed E-state index contributed by atoms with van der Waals surface area (Å²) in [5.74, 6) is 0.824. The zero-order valence-electron chi connectivity index (χ0n) is 14.2. The Hall–Kier alpha value is -2.36. The second-order valence-corrected chi connectivity index (χ2v) is 7.74. The summed E-state index contributed by atoms with van der Waals surface area (Å²) in [4.78, 5) is 14.5. The van der Waals surface area contributed by atoms with Gasteiger partial charge in [-0.3, -0.25) is 4.90 Å². The molecule has 2 aromatic rings. The molecule has 1 fully saturated rings. The third-order valence-electron chi connectivity index (χ3n) is 4.35. The van der Waals surface area contributed by atoms with Crippen LogP contribution in [0.1, 0.15) is 24.6 Å². The van der Waals surface area contributed by atoms with Gasteiger partial charge in [-0.25, -0.2) is 18.4 Å². The molecular weight excluding hydrogens is 356 g/mol. The van der Waals surface area contributed by atoms with Gasteiger partial charge in [0.15, 0.2) is 0 Å². The zero-order chi connectivity index (χ0) is 18.6. The number of carbonyl (C=O) groups is 1. The number of anilines is 1. The summed E-state index contributed by atoms with van der Waals surface area (Å²) in [6.07, 6.45) is 3.91. The molecule has 1 atom stereocenters. The molecule has 140 valence electrons. The van der Waals surface area contributed by atoms with E-state index < -0.39 is 10.0 Å². The van der Waals surface area contributed by atoms with Crippen LogP contribution in [0.3, 0.4) is 0 Å². The van der Waals surface area contributed by atoms with Crippen LogP contribution in [-0.4, -0.2) is 39.0 Å². The number of hydrogen-bond acceptors (Lipinski definition) is 5. The molecule has 2 amide bonds. The summed E-state index contributed by atoms with van der Waals surface area (Å²) in [6, 6.07) is 9.04. The van der Waals surface area contributed by atoms with E-state index in [9.17, 15) is 13.2 Å². The first kappa shape index (κ1) is 18.4. The maximum atomic E-state index is 12.2. The quantitative estimate of drug-likeness (QED) is 0.709. The van der Waals surface area contributed by atoms with Crippen LogP contribution in [0.25, 0.3) is 0 Å². The van der Waals surface area contributed by atoms with E-state index in [-0.39, 0.29) is 17.0 Å². The fourth-order valence-electron chi connectivity index (χ4n) is 3.04. The van der Waals surface area contributed by atoms with Crippen molar-refractivity contribution in [3.63, 3.8) is 0 Å². The Morgan fingerprint density at radius 2 is 1.88 bits per heavy atom. The molecule has 0 spiro atoms. The number of urea groups is 1. The highest BCUT2D eigenvalue weighted by Gasteiger charge is 2.25. The minimum absolute atomic E-state index is 0.00428. The maximum Gasteiger partial charge on any atom is 0.319 e. The van der Waals surface area contributed by atoms with Crippen LogP contribution in [0.5, 0.6) is 0 Å². The van der Waals surface area contributed by atoms with Gasteiger partial charge >= 0.3 is 6.03 Å². The Balaban J connectivity index is 1.58. The number of nitrogens with one attached hydrogen (secondary N) is 2. The molecule has 8 nitrogen and oxygen atoms in total. The first-order valence-corrected chi connectivity index (χ1v) is 9.93. The van der Waals surface area contributed by atoms with Crippen molar-refractivity contribution < 1.29 is 17.6 Å². The number of primary sulfonamides is 1. The topological polar surface area (TPSA) is 118 Å². The molecule has 0 saturated carbocycles. The van der Waals surface area contributed by atoms with E-state index in [1.54, 1.807) is 6.26 Å². The minimum atomic E-state index is -3.75. The number of nitrogens with two attached hydrogens (primary N) is 1. The lowest BCUT2D eigenvalue weighted by atomic mass is 10.2. The molecule has 26 heavy (non-hydrogen) atoms. The maximum absolute atomic E-state index is 12.2. The van der Waals surface area contributed by atoms with E-state index in [1.807, 2.05) is 12.1 Å². The summed E-state index contributed by atoms with van der Waals surface area (Å²) in [7, 11) is -3.75.